The van der Waals surface area contributed by atoms with E-state index < -0.39 is 20.2 Å². The molecule has 44 valence electrons. The second-order valence-corrected chi connectivity index (χ2v) is 13.6. The van der Waals surface area contributed by atoms with Crippen molar-refractivity contribution >= 4 is 43.3 Å². The van der Waals surface area contributed by atoms with Gasteiger partial charge in [0, 0.05) is 0 Å². The maximum absolute atomic E-state index is 2.60. The summed E-state index contributed by atoms with van der Waals surface area (Å²) < 4.78 is 3.12. The van der Waals surface area contributed by atoms with E-state index in [0.29, 0.717) is 0 Å². The molecule has 0 aliphatic rings. The first-order valence-electron chi connectivity index (χ1n) is 2.64. The van der Waals surface area contributed by atoms with Gasteiger partial charge in [-0.2, -0.15) is 0 Å². The van der Waals surface area contributed by atoms with E-state index in [2.05, 4.69) is 64.5 Å². The molecule has 9 heavy (non-hydrogen) atoms. The monoisotopic (exact) mass is 532 g/mol. The van der Waals surface area contributed by atoms with Crippen LogP contribution in [0.5, 0.6) is 0 Å². The molecule has 0 aromatic heterocycles. The zero-order valence-corrected chi connectivity index (χ0v) is 14.6. The Labute approximate surface area is 89.7 Å². The van der Waals surface area contributed by atoms with Crippen LogP contribution in [-0.2, 0) is 20.2 Å². The molecule has 1 aromatic carbocycles. The van der Waals surface area contributed by atoms with Gasteiger partial charge in [0.2, 0.25) is 0 Å². The molecule has 3 heteroatoms. The summed E-state index contributed by atoms with van der Waals surface area (Å²) in [5.41, 5.74) is 0. The number of hydrogen-bond acceptors (Lipinski definition) is 0. The minimum absolute atomic E-state index is 0.625. The van der Waals surface area contributed by atoms with Crippen molar-refractivity contribution in [2.45, 2.75) is 0 Å². The number of rotatable bonds is 1. The van der Waals surface area contributed by atoms with E-state index in [1.165, 1.54) is 3.57 Å². The Bertz CT molecular complexity index is 200. The van der Waals surface area contributed by atoms with E-state index in [-0.39, 0.29) is 0 Å². The van der Waals surface area contributed by atoms with Crippen molar-refractivity contribution in [2.24, 2.45) is 0 Å². The molecule has 0 aliphatic carbocycles. The Morgan fingerprint density at radius 2 is 1.89 bits per heavy atom. The first-order valence-corrected chi connectivity index (χ1v) is 21.9. The molecule has 0 atom stereocenters. The van der Waals surface area contributed by atoms with Gasteiger partial charge in [0.25, 0.3) is 0 Å². The zero-order chi connectivity index (χ0) is 6.69. The molecule has 1 aromatic rings. The Morgan fingerprint density at radius 1 is 1.22 bits per heavy atom. The molecule has 0 nitrogen and oxygen atoms in total. The second kappa shape index (κ2) is 4.48. The number of halogens is 2. The van der Waals surface area contributed by atoms with E-state index in [1.807, 2.05) is 0 Å². The molecule has 0 heterocycles. The maximum atomic E-state index is 2.60. The molecule has 0 N–H and O–H groups in total. The molecular formula is C6H4HgI2. The first kappa shape index (κ1) is 8.71. The van der Waals surface area contributed by atoms with E-state index >= 15 is 0 Å². The number of hydrogen-bond donors (Lipinski definition) is 0. The molecular weight excluding hydrogens is 526 g/mol. The summed E-state index contributed by atoms with van der Waals surface area (Å²) >= 11 is 4.38. The molecule has 0 saturated heterocycles. The van der Waals surface area contributed by atoms with Crippen LogP contribution in [0.3, 0.4) is 0 Å². The van der Waals surface area contributed by atoms with Gasteiger partial charge in [-0.3, -0.25) is 0 Å². The summed E-state index contributed by atoms with van der Waals surface area (Å²) in [6.07, 6.45) is 0. The molecule has 0 amide bonds. The van der Waals surface area contributed by atoms with Crippen LogP contribution in [0.4, 0.5) is 0 Å². The van der Waals surface area contributed by atoms with Crippen LogP contribution in [0.1, 0.15) is 0 Å². The van der Waals surface area contributed by atoms with Crippen LogP contribution in [-0.4, -0.2) is 0 Å². The average Bonchev–Trinajstić information content (AvgIpc) is 1.89. The molecule has 1 rings (SSSR count). The van der Waals surface area contributed by atoms with Gasteiger partial charge in [0.1, 0.15) is 0 Å². The van der Waals surface area contributed by atoms with Gasteiger partial charge in [-0.05, 0) is 0 Å². The second-order valence-electron chi connectivity index (χ2n) is 1.73. The van der Waals surface area contributed by atoms with Crippen LogP contribution < -0.4 is 3.07 Å². The van der Waals surface area contributed by atoms with Gasteiger partial charge < -0.3 is 0 Å². The van der Waals surface area contributed by atoms with Crippen molar-refractivity contribution in [3.8, 4) is 0 Å². The van der Waals surface area contributed by atoms with Gasteiger partial charge in [-0.1, -0.05) is 0 Å². The molecule has 0 fully saturated rings. The number of benzene rings is 1. The van der Waals surface area contributed by atoms with Gasteiger partial charge in [-0.15, -0.1) is 0 Å². The van der Waals surface area contributed by atoms with Crippen molar-refractivity contribution in [3.63, 3.8) is 0 Å². The third kappa shape index (κ3) is 2.61. The van der Waals surface area contributed by atoms with Crippen molar-refractivity contribution < 1.29 is 20.2 Å². The van der Waals surface area contributed by atoms with Crippen LogP contribution in [0, 0.1) is 3.57 Å². The standard InChI is InChI=1S/C6H4I.Hg.HI/c7-6-4-2-1-3-5-6;;/h1-4H;;1H/q;+1;/p-1. The summed E-state index contributed by atoms with van der Waals surface area (Å²) in [4.78, 5) is 0. The third-order valence-electron chi connectivity index (χ3n) is 1.10. The third-order valence-corrected chi connectivity index (χ3v) is 15.7. The van der Waals surface area contributed by atoms with Crippen molar-refractivity contribution in [1.82, 2.24) is 0 Å². The van der Waals surface area contributed by atoms with Crippen molar-refractivity contribution in [3.05, 3.63) is 27.8 Å². The molecule has 0 unspecified atom stereocenters. The van der Waals surface area contributed by atoms with E-state index in [0.717, 1.165) is 0 Å². The Hall–Kier alpha value is 1.62. The average molecular weight is 530 g/mol. The zero-order valence-electron chi connectivity index (χ0n) is 4.77. The van der Waals surface area contributed by atoms with Crippen LogP contribution in [0.2, 0.25) is 0 Å². The van der Waals surface area contributed by atoms with Crippen LogP contribution >= 0.6 is 40.3 Å². The fourth-order valence-electron chi connectivity index (χ4n) is 0.607. The minimum atomic E-state index is -0.625. The normalized spacial score (nSPS) is 8.67. The Kier molecular flexibility index (Phi) is 4.34. The topological polar surface area (TPSA) is 0 Å². The predicted octanol–water partition coefficient (Wildman–Crippen LogP) is 2.35. The Morgan fingerprint density at radius 3 is 2.33 bits per heavy atom. The van der Waals surface area contributed by atoms with Gasteiger partial charge in [0.15, 0.2) is 0 Å². The fraction of sp³-hybridized carbons (Fsp3) is 0. The van der Waals surface area contributed by atoms with Gasteiger partial charge >= 0.3 is 91.4 Å². The van der Waals surface area contributed by atoms with Crippen molar-refractivity contribution in [1.29, 1.82) is 0 Å². The SMILES string of the molecule is [I][Hg][c]1ccccc1I. The molecule has 0 saturated carbocycles. The van der Waals surface area contributed by atoms with Gasteiger partial charge in [0.05, 0.1) is 0 Å². The molecule has 0 spiro atoms. The van der Waals surface area contributed by atoms with Crippen LogP contribution in [0.15, 0.2) is 24.3 Å². The summed E-state index contributed by atoms with van der Waals surface area (Å²) in [6, 6.07) is 8.69. The molecule has 0 aliphatic heterocycles. The summed E-state index contributed by atoms with van der Waals surface area (Å²) in [5, 5.41) is 0. The predicted molar refractivity (Wildman–Crippen MR) is 52.8 cm³/mol. The quantitative estimate of drug-likeness (QED) is 0.387. The van der Waals surface area contributed by atoms with Crippen LogP contribution in [0.25, 0.3) is 0 Å². The Balaban J connectivity index is 3.01. The summed E-state index contributed by atoms with van der Waals surface area (Å²) in [5.74, 6) is 0. The fourth-order valence-corrected chi connectivity index (χ4v) is 16.7. The summed E-state index contributed by atoms with van der Waals surface area (Å²) in [6.45, 7) is 0. The van der Waals surface area contributed by atoms with E-state index in [9.17, 15) is 0 Å². The molecule has 0 radical (unpaired) electrons. The van der Waals surface area contributed by atoms with Crippen molar-refractivity contribution in [2.75, 3.05) is 0 Å². The van der Waals surface area contributed by atoms with Gasteiger partial charge in [-0.25, -0.2) is 0 Å². The molecule has 0 bridgehead atoms. The summed E-state index contributed by atoms with van der Waals surface area (Å²) in [7, 11) is 0. The van der Waals surface area contributed by atoms with E-state index in [4.69, 9.17) is 0 Å². The van der Waals surface area contributed by atoms with E-state index in [1.54, 1.807) is 3.07 Å². The first-order chi connectivity index (χ1) is 4.34.